The third-order valence-corrected chi connectivity index (χ3v) is 12.8. The number of anilines is 3. The highest BCUT2D eigenvalue weighted by Crippen LogP contribution is 2.65. The van der Waals surface area contributed by atoms with Crippen LogP contribution in [0.5, 0.6) is 0 Å². The molecule has 0 saturated heterocycles. The van der Waals surface area contributed by atoms with Crippen molar-refractivity contribution in [3.63, 3.8) is 0 Å². The summed E-state index contributed by atoms with van der Waals surface area (Å²) in [4.78, 5) is 2.56. The Kier molecular flexibility index (Phi) is 6.37. The highest BCUT2D eigenvalue weighted by atomic mass is 16.3. The summed E-state index contributed by atoms with van der Waals surface area (Å²) in [5.41, 5.74) is 18.3. The van der Waals surface area contributed by atoms with E-state index in [1.165, 1.54) is 60.8 Å². The Bertz CT molecular complexity index is 3420. The molecule has 0 N–H and O–H groups in total. The third kappa shape index (κ3) is 3.97. The van der Waals surface area contributed by atoms with Crippen molar-refractivity contribution in [3.8, 4) is 27.9 Å². The highest BCUT2D eigenvalue weighted by molar-refractivity contribution is 6.20. The molecule has 11 aromatic rings. The first-order chi connectivity index (χ1) is 28.8. The fraction of sp³-hybridized carbons (Fsp3) is 0.0182. The van der Waals surface area contributed by atoms with Crippen LogP contribution in [0.1, 0.15) is 22.3 Å². The summed E-state index contributed by atoms with van der Waals surface area (Å²) in [7, 11) is 0. The van der Waals surface area contributed by atoms with Gasteiger partial charge in [0.05, 0.1) is 38.9 Å². The van der Waals surface area contributed by atoms with Crippen LogP contribution in [0, 0.1) is 0 Å². The molecule has 0 fully saturated rings. The van der Waals surface area contributed by atoms with Gasteiger partial charge in [-0.1, -0.05) is 152 Å². The van der Waals surface area contributed by atoms with Gasteiger partial charge in [0.2, 0.25) is 0 Å². The largest absolute Gasteiger partial charge is 0.456 e. The van der Waals surface area contributed by atoms with E-state index < -0.39 is 5.41 Å². The van der Waals surface area contributed by atoms with Gasteiger partial charge in [0.25, 0.3) is 0 Å². The van der Waals surface area contributed by atoms with Crippen LogP contribution in [0.3, 0.4) is 0 Å². The smallest absolute Gasteiger partial charge is 0.137 e. The zero-order valence-electron chi connectivity index (χ0n) is 31.4. The molecule has 3 nitrogen and oxygen atoms in total. The van der Waals surface area contributed by atoms with E-state index in [1.54, 1.807) is 0 Å². The summed E-state index contributed by atoms with van der Waals surface area (Å²) in [6, 6.07) is 75.5. The third-order valence-electron chi connectivity index (χ3n) is 12.8. The van der Waals surface area contributed by atoms with Crippen molar-refractivity contribution < 1.29 is 4.42 Å². The highest BCUT2D eigenvalue weighted by Gasteiger charge is 2.53. The number of hydrogen-bond donors (Lipinski definition) is 0. The molecule has 1 spiro atoms. The molecule has 0 saturated carbocycles. The Hall–Kier alpha value is -7.62. The van der Waals surface area contributed by atoms with Crippen LogP contribution in [-0.4, -0.2) is 4.57 Å². The van der Waals surface area contributed by atoms with Gasteiger partial charge in [-0.3, -0.25) is 0 Å². The molecule has 2 aromatic heterocycles. The van der Waals surface area contributed by atoms with E-state index in [1.807, 2.05) is 0 Å². The number of rotatable bonds is 4. The van der Waals surface area contributed by atoms with Crippen molar-refractivity contribution >= 4 is 60.8 Å². The number of benzene rings is 9. The topological polar surface area (TPSA) is 21.3 Å². The van der Waals surface area contributed by atoms with Crippen LogP contribution in [-0.2, 0) is 5.41 Å². The zero-order chi connectivity index (χ0) is 38.0. The lowest BCUT2D eigenvalue weighted by atomic mass is 9.70. The molecule has 13 rings (SSSR count). The molecular formula is C55H34N2O. The summed E-state index contributed by atoms with van der Waals surface area (Å²) >= 11 is 0. The lowest BCUT2D eigenvalue weighted by Gasteiger charge is -2.36. The molecule has 0 radical (unpaired) electrons. The summed E-state index contributed by atoms with van der Waals surface area (Å²) in [6.07, 6.45) is 0. The van der Waals surface area contributed by atoms with Gasteiger partial charge >= 0.3 is 0 Å². The first-order valence-corrected chi connectivity index (χ1v) is 20.0. The van der Waals surface area contributed by atoms with E-state index in [2.05, 4.69) is 216 Å². The molecule has 0 atom stereocenters. The molecule has 2 aliphatic carbocycles. The summed E-state index contributed by atoms with van der Waals surface area (Å²) in [5, 5.41) is 4.59. The minimum Gasteiger partial charge on any atom is -0.456 e. The Morgan fingerprint density at radius 2 is 0.862 bits per heavy atom. The molecule has 0 aliphatic heterocycles. The normalized spacial score (nSPS) is 13.3. The number of fused-ring (bicyclic) bond motifs is 16. The van der Waals surface area contributed by atoms with E-state index in [-0.39, 0.29) is 0 Å². The van der Waals surface area contributed by atoms with E-state index >= 15 is 0 Å². The van der Waals surface area contributed by atoms with Gasteiger partial charge in [-0.15, -0.1) is 0 Å². The van der Waals surface area contributed by atoms with Gasteiger partial charge in [0.1, 0.15) is 11.2 Å². The van der Waals surface area contributed by atoms with Crippen LogP contribution in [0.2, 0.25) is 0 Å². The second kappa shape index (κ2) is 11.7. The van der Waals surface area contributed by atoms with Gasteiger partial charge in [0, 0.05) is 27.4 Å². The number of aromatic nitrogens is 1. The molecule has 2 heterocycles. The van der Waals surface area contributed by atoms with Gasteiger partial charge in [-0.25, -0.2) is 0 Å². The minimum absolute atomic E-state index is 0.549. The Balaban J connectivity index is 1.22. The molecule has 0 amide bonds. The minimum atomic E-state index is -0.549. The Morgan fingerprint density at radius 3 is 1.60 bits per heavy atom. The molecule has 58 heavy (non-hydrogen) atoms. The van der Waals surface area contributed by atoms with Crippen molar-refractivity contribution in [1.29, 1.82) is 0 Å². The van der Waals surface area contributed by atoms with E-state index in [0.717, 1.165) is 50.2 Å². The van der Waals surface area contributed by atoms with Crippen molar-refractivity contribution in [2.24, 2.45) is 0 Å². The fourth-order valence-corrected chi connectivity index (χ4v) is 10.7. The SMILES string of the molecule is c1ccc(-n2c3ccccc3c3c(N(c4cccc5c4C4(c6ccccc6-c6ccccc64)c4ccccc4-5)c4cccc5oc6ccccc6c45)cccc32)cc1. The van der Waals surface area contributed by atoms with Gasteiger partial charge in [0.15, 0.2) is 0 Å². The first-order valence-electron chi connectivity index (χ1n) is 20.0. The monoisotopic (exact) mass is 738 g/mol. The van der Waals surface area contributed by atoms with E-state index in [0.29, 0.717) is 0 Å². The molecule has 0 bridgehead atoms. The second-order valence-corrected chi connectivity index (χ2v) is 15.5. The Morgan fingerprint density at radius 1 is 0.362 bits per heavy atom. The standard InChI is InChI=1S/C55H34N2O/c1-2-17-35(18-3-1)56-45-28-12-7-22-40(45)52-46(56)29-15-30-47(52)57(48-31-16-34-51-53(48)41-23-8-13-33-50(41)58-51)49-32-14-24-39-38-21-6-11-27-44(38)55(54(39)49)42-25-9-4-19-36(42)37-20-5-10-26-43(37)55/h1-34H. The lowest BCUT2D eigenvalue weighted by Crippen LogP contribution is -2.28. The van der Waals surface area contributed by atoms with E-state index in [9.17, 15) is 0 Å². The van der Waals surface area contributed by atoms with Crippen LogP contribution >= 0.6 is 0 Å². The maximum Gasteiger partial charge on any atom is 0.137 e. The average Bonchev–Trinajstić information content (AvgIpc) is 4.01. The van der Waals surface area contributed by atoms with Gasteiger partial charge < -0.3 is 13.9 Å². The molecule has 0 unspecified atom stereocenters. The Labute approximate surface area is 335 Å². The van der Waals surface area contributed by atoms with Crippen molar-refractivity contribution in [3.05, 3.63) is 229 Å². The number of para-hydroxylation sites is 3. The number of nitrogens with zero attached hydrogens (tertiary/aromatic N) is 2. The zero-order valence-corrected chi connectivity index (χ0v) is 31.4. The van der Waals surface area contributed by atoms with Crippen molar-refractivity contribution in [2.75, 3.05) is 4.90 Å². The first kappa shape index (κ1) is 31.6. The molecule has 270 valence electrons. The number of furan rings is 1. The summed E-state index contributed by atoms with van der Waals surface area (Å²) < 4.78 is 9.05. The molecular weight excluding hydrogens is 705 g/mol. The predicted molar refractivity (Wildman–Crippen MR) is 239 cm³/mol. The second-order valence-electron chi connectivity index (χ2n) is 15.5. The van der Waals surface area contributed by atoms with Crippen molar-refractivity contribution in [2.45, 2.75) is 5.41 Å². The van der Waals surface area contributed by atoms with Crippen LogP contribution in [0.4, 0.5) is 17.1 Å². The maximum atomic E-state index is 6.63. The summed E-state index contributed by atoms with van der Waals surface area (Å²) in [6.45, 7) is 0. The maximum absolute atomic E-state index is 6.63. The van der Waals surface area contributed by atoms with Gasteiger partial charge in [-0.05, 0) is 93.5 Å². The molecule has 3 heteroatoms. The van der Waals surface area contributed by atoms with Crippen LogP contribution in [0.15, 0.2) is 211 Å². The summed E-state index contributed by atoms with van der Waals surface area (Å²) in [5.74, 6) is 0. The predicted octanol–water partition coefficient (Wildman–Crippen LogP) is 14.5. The average molecular weight is 739 g/mol. The van der Waals surface area contributed by atoms with E-state index in [4.69, 9.17) is 4.42 Å². The lowest BCUT2D eigenvalue weighted by molar-refractivity contribution is 0.669. The van der Waals surface area contributed by atoms with Crippen LogP contribution < -0.4 is 4.90 Å². The van der Waals surface area contributed by atoms with Crippen molar-refractivity contribution in [1.82, 2.24) is 4.57 Å². The quantitative estimate of drug-likeness (QED) is 0.179. The molecule has 9 aromatic carbocycles. The van der Waals surface area contributed by atoms with Crippen LogP contribution in [0.25, 0.3) is 71.7 Å². The number of hydrogen-bond acceptors (Lipinski definition) is 2. The van der Waals surface area contributed by atoms with Gasteiger partial charge in [-0.2, -0.15) is 0 Å². The molecule has 2 aliphatic rings. The fourth-order valence-electron chi connectivity index (χ4n) is 10.7.